The van der Waals surface area contributed by atoms with E-state index >= 15 is 0 Å². The van der Waals surface area contributed by atoms with Crippen molar-refractivity contribution < 1.29 is 19.5 Å². The third-order valence-electron chi connectivity index (χ3n) is 6.52. The maximum atomic E-state index is 13.2. The molecule has 1 N–H and O–H groups in total. The van der Waals surface area contributed by atoms with Gasteiger partial charge in [-0.2, -0.15) is 0 Å². The van der Waals surface area contributed by atoms with E-state index in [-0.39, 0.29) is 23.4 Å². The Hall–Kier alpha value is -2.30. The Labute approximate surface area is 173 Å². The van der Waals surface area contributed by atoms with Crippen LogP contribution < -0.4 is 4.74 Å². The van der Waals surface area contributed by atoms with Crippen molar-refractivity contribution in [1.82, 2.24) is 0 Å². The lowest BCUT2D eigenvalue weighted by Crippen LogP contribution is -2.30. The summed E-state index contributed by atoms with van der Waals surface area (Å²) in [6.07, 6.45) is 2.67. The van der Waals surface area contributed by atoms with Gasteiger partial charge in [-0.15, -0.1) is 0 Å². The number of carbonyl (C=O) groups is 1. The average Bonchev–Trinajstić information content (AvgIpc) is 3.17. The fourth-order valence-electron chi connectivity index (χ4n) is 4.68. The number of ketones is 1. The number of benzene rings is 1. The molecule has 1 heterocycles. The van der Waals surface area contributed by atoms with Crippen LogP contribution in [0, 0.1) is 26.7 Å². The smallest absolute Gasteiger partial charge is 0.168 e. The van der Waals surface area contributed by atoms with Gasteiger partial charge in [-0.3, -0.25) is 4.79 Å². The highest BCUT2D eigenvalue weighted by Gasteiger charge is 2.40. The number of rotatable bonds is 6. The van der Waals surface area contributed by atoms with E-state index in [1.165, 1.54) is 22.3 Å². The minimum absolute atomic E-state index is 0.0677. The third kappa shape index (κ3) is 3.67. The van der Waals surface area contributed by atoms with Gasteiger partial charge in [0, 0.05) is 35.8 Å². The number of Topliss-reactive ketones (excluding diaryl/α,β-unsaturated/α-hetero) is 1. The van der Waals surface area contributed by atoms with Crippen molar-refractivity contribution in [1.29, 1.82) is 0 Å². The molecule has 0 saturated carbocycles. The first-order valence-electron chi connectivity index (χ1n) is 10.7. The van der Waals surface area contributed by atoms with Gasteiger partial charge < -0.3 is 14.7 Å². The molecule has 1 aliphatic heterocycles. The molecule has 0 radical (unpaired) electrons. The van der Waals surface area contributed by atoms with Crippen LogP contribution in [-0.4, -0.2) is 29.8 Å². The number of nitrogens with zero attached hydrogens (tertiary/aromatic N) is 1. The lowest BCUT2D eigenvalue weighted by Gasteiger charge is -2.33. The zero-order chi connectivity index (χ0) is 21.3. The second kappa shape index (κ2) is 8.60. The first-order chi connectivity index (χ1) is 13.8. The molecular weight excluding hydrogens is 366 g/mol. The monoisotopic (exact) mass is 399 g/mol. The summed E-state index contributed by atoms with van der Waals surface area (Å²) in [5.74, 6) is 0.695. The fourth-order valence-corrected chi connectivity index (χ4v) is 4.68. The minimum Gasteiger partial charge on any atom is -0.511 e. The second-order valence-corrected chi connectivity index (χ2v) is 8.18. The molecule has 0 bridgehead atoms. The second-order valence-electron chi connectivity index (χ2n) is 8.18. The molecule has 0 spiro atoms. The Morgan fingerprint density at radius 1 is 1.21 bits per heavy atom. The van der Waals surface area contributed by atoms with E-state index in [4.69, 9.17) is 9.57 Å². The van der Waals surface area contributed by atoms with Gasteiger partial charge in [0.15, 0.2) is 5.78 Å². The molecule has 158 valence electrons. The van der Waals surface area contributed by atoms with Crippen LogP contribution in [0.4, 0.5) is 0 Å². The molecule has 1 aromatic carbocycles. The van der Waals surface area contributed by atoms with Crippen LogP contribution in [0.3, 0.4) is 0 Å². The highest BCUT2D eigenvalue weighted by atomic mass is 16.6. The molecule has 29 heavy (non-hydrogen) atoms. The number of ether oxygens (including phenoxy) is 1. The Balaban J connectivity index is 2.09. The van der Waals surface area contributed by atoms with Gasteiger partial charge in [0.1, 0.15) is 18.1 Å². The number of carbonyl (C=O) groups excluding carboxylic acids is 1. The Kier molecular flexibility index (Phi) is 6.35. The number of allylic oxidation sites excluding steroid dienone is 2. The quantitative estimate of drug-likeness (QED) is 0.524. The van der Waals surface area contributed by atoms with Gasteiger partial charge >= 0.3 is 0 Å². The fraction of sp³-hybridized carbons (Fsp3) is 0.583. The molecule has 2 unspecified atom stereocenters. The lowest BCUT2D eigenvalue weighted by molar-refractivity contribution is -0.116. The highest BCUT2D eigenvalue weighted by molar-refractivity contribution is 6.23. The van der Waals surface area contributed by atoms with Crippen LogP contribution in [-0.2, 0) is 16.1 Å². The molecule has 2 aliphatic rings. The van der Waals surface area contributed by atoms with E-state index in [0.717, 1.165) is 24.2 Å². The van der Waals surface area contributed by atoms with Crippen molar-refractivity contribution in [2.75, 3.05) is 13.2 Å². The van der Waals surface area contributed by atoms with Crippen LogP contribution in [0.2, 0.25) is 0 Å². The molecule has 0 amide bonds. The van der Waals surface area contributed by atoms with Crippen molar-refractivity contribution in [3.63, 3.8) is 0 Å². The Bertz CT molecular complexity index is 882. The van der Waals surface area contributed by atoms with Crippen LogP contribution in [0.5, 0.6) is 5.75 Å². The number of hydrogen-bond donors (Lipinski definition) is 1. The molecule has 2 atom stereocenters. The van der Waals surface area contributed by atoms with Crippen LogP contribution in [0.1, 0.15) is 73.8 Å². The largest absolute Gasteiger partial charge is 0.511 e. The number of hydrogen-bond acceptors (Lipinski definition) is 5. The van der Waals surface area contributed by atoms with Gasteiger partial charge in [-0.25, -0.2) is 0 Å². The molecule has 1 aromatic rings. The van der Waals surface area contributed by atoms with Gasteiger partial charge in [0.2, 0.25) is 0 Å². The number of oxime groups is 1. The molecule has 5 nitrogen and oxygen atoms in total. The molecule has 0 aromatic heterocycles. The molecule has 1 aliphatic carbocycles. The zero-order valence-electron chi connectivity index (χ0n) is 18.5. The maximum Gasteiger partial charge on any atom is 0.168 e. The number of aliphatic hydroxyl groups is 1. The Morgan fingerprint density at radius 3 is 2.59 bits per heavy atom. The SMILES string of the molecule is CCCC(=NOCC)C1=C(O)C(C)C(c2c(C)c(C)c(C)c3c2OCC3)CC1=O. The van der Waals surface area contributed by atoms with Crippen molar-refractivity contribution in [2.45, 2.75) is 73.1 Å². The Morgan fingerprint density at radius 2 is 1.93 bits per heavy atom. The van der Waals surface area contributed by atoms with Crippen LogP contribution in [0.25, 0.3) is 0 Å². The first kappa shape index (κ1) is 21.4. The zero-order valence-corrected chi connectivity index (χ0v) is 18.5. The molecule has 3 rings (SSSR count). The standard InChI is InChI=1S/C24H33NO4/c1-7-9-19(25-29-8-2)22-20(26)12-18(16(6)23(22)27)21-15(5)13(3)14(4)17-10-11-28-24(17)21/h16,18,27H,7-12H2,1-6H3. The lowest BCUT2D eigenvalue weighted by atomic mass is 9.72. The summed E-state index contributed by atoms with van der Waals surface area (Å²) >= 11 is 0. The summed E-state index contributed by atoms with van der Waals surface area (Å²) in [6, 6.07) is 0. The van der Waals surface area contributed by atoms with Crippen LogP contribution in [0.15, 0.2) is 16.5 Å². The molecule has 0 saturated heterocycles. The van der Waals surface area contributed by atoms with Crippen molar-refractivity contribution in [2.24, 2.45) is 11.1 Å². The normalized spacial score (nSPS) is 22.0. The average molecular weight is 400 g/mol. The van der Waals surface area contributed by atoms with E-state index < -0.39 is 0 Å². The highest BCUT2D eigenvalue weighted by Crippen LogP contribution is 2.48. The summed E-state index contributed by atoms with van der Waals surface area (Å²) in [5, 5.41) is 15.2. The molecule has 5 heteroatoms. The van der Waals surface area contributed by atoms with E-state index in [2.05, 4.69) is 25.9 Å². The summed E-state index contributed by atoms with van der Waals surface area (Å²) in [7, 11) is 0. The van der Waals surface area contributed by atoms with E-state index in [9.17, 15) is 9.90 Å². The van der Waals surface area contributed by atoms with Crippen LogP contribution >= 0.6 is 0 Å². The summed E-state index contributed by atoms with van der Waals surface area (Å²) in [4.78, 5) is 18.4. The van der Waals surface area contributed by atoms with Crippen molar-refractivity contribution in [3.05, 3.63) is 39.1 Å². The van der Waals surface area contributed by atoms with Gasteiger partial charge in [0.05, 0.1) is 17.9 Å². The molecular formula is C24H33NO4. The molecule has 0 fully saturated rings. The van der Waals surface area contributed by atoms with Gasteiger partial charge in [0.25, 0.3) is 0 Å². The number of aliphatic hydroxyl groups excluding tert-OH is 1. The summed E-state index contributed by atoms with van der Waals surface area (Å²) in [6.45, 7) is 13.4. The first-order valence-corrected chi connectivity index (χ1v) is 10.7. The predicted molar refractivity (Wildman–Crippen MR) is 115 cm³/mol. The summed E-state index contributed by atoms with van der Waals surface area (Å²) in [5.41, 5.74) is 6.95. The third-order valence-corrected chi connectivity index (χ3v) is 6.52. The topological polar surface area (TPSA) is 68.1 Å². The number of fused-ring (bicyclic) bond motifs is 1. The predicted octanol–water partition coefficient (Wildman–Crippen LogP) is 5.24. The van der Waals surface area contributed by atoms with E-state index in [0.29, 0.717) is 37.3 Å². The summed E-state index contributed by atoms with van der Waals surface area (Å²) < 4.78 is 6.03. The van der Waals surface area contributed by atoms with E-state index in [1.807, 2.05) is 20.8 Å². The van der Waals surface area contributed by atoms with Crippen molar-refractivity contribution >= 4 is 11.5 Å². The van der Waals surface area contributed by atoms with Gasteiger partial charge in [-0.1, -0.05) is 25.4 Å². The maximum absolute atomic E-state index is 13.2. The van der Waals surface area contributed by atoms with E-state index in [1.54, 1.807) is 0 Å². The minimum atomic E-state index is -0.194. The van der Waals surface area contributed by atoms with Gasteiger partial charge in [-0.05, 0) is 50.8 Å². The van der Waals surface area contributed by atoms with Crippen molar-refractivity contribution in [3.8, 4) is 5.75 Å².